The van der Waals surface area contributed by atoms with Gasteiger partial charge in [-0.05, 0) is 93.8 Å². The maximum absolute atomic E-state index is 6.62. The smallest absolute Gasteiger partial charge is 0.0143 e. The quantitative estimate of drug-likeness (QED) is 0.662. The van der Waals surface area contributed by atoms with Crippen molar-refractivity contribution < 1.29 is 0 Å². The lowest BCUT2D eigenvalue weighted by Crippen LogP contribution is -2.44. The normalized spacial score (nSPS) is 50.5. The average molecular weight is 323 g/mol. The molecule has 0 spiro atoms. The molecule has 136 valence electrons. The minimum atomic E-state index is -0.0965. The van der Waals surface area contributed by atoms with E-state index in [-0.39, 0.29) is 11.6 Å². The predicted octanol–water partition coefficient (Wildman–Crippen LogP) is 4.96. The Balaban J connectivity index is 2.18. The fourth-order valence-corrected chi connectivity index (χ4v) is 6.00. The van der Waals surface area contributed by atoms with Crippen LogP contribution in [0.3, 0.4) is 0 Å². The van der Waals surface area contributed by atoms with E-state index in [1.54, 1.807) is 0 Å². The average Bonchev–Trinajstić information content (AvgIpc) is 2.53. The molecule has 2 nitrogen and oxygen atoms in total. The topological polar surface area (TPSA) is 52.0 Å². The first-order chi connectivity index (χ1) is 10.7. The Hall–Kier alpha value is -0.0800. The van der Waals surface area contributed by atoms with E-state index in [9.17, 15) is 0 Å². The summed E-state index contributed by atoms with van der Waals surface area (Å²) in [5.74, 6) is 5.07. The van der Waals surface area contributed by atoms with Crippen molar-refractivity contribution in [2.75, 3.05) is 0 Å². The predicted molar refractivity (Wildman–Crippen MR) is 101 cm³/mol. The van der Waals surface area contributed by atoms with Crippen LogP contribution >= 0.6 is 0 Å². The summed E-state index contributed by atoms with van der Waals surface area (Å²) in [7, 11) is 0. The van der Waals surface area contributed by atoms with E-state index in [2.05, 4.69) is 34.6 Å². The maximum atomic E-state index is 6.62. The molecule has 2 rings (SSSR count). The largest absolute Gasteiger partial charge is 0.328 e. The molecule has 2 heteroatoms. The Bertz CT molecular complexity index is 365. The van der Waals surface area contributed by atoms with Gasteiger partial charge in [0.15, 0.2) is 0 Å². The molecule has 2 saturated carbocycles. The third-order valence-electron chi connectivity index (χ3n) is 7.12. The van der Waals surface area contributed by atoms with Crippen LogP contribution in [0.15, 0.2) is 0 Å². The molecule has 0 heterocycles. The van der Waals surface area contributed by atoms with Crippen LogP contribution in [0.2, 0.25) is 0 Å². The van der Waals surface area contributed by atoms with E-state index in [1.165, 1.54) is 32.1 Å². The Kier molecular flexibility index (Phi) is 6.58. The van der Waals surface area contributed by atoms with Crippen molar-refractivity contribution in [1.82, 2.24) is 0 Å². The van der Waals surface area contributed by atoms with Gasteiger partial charge in [0.1, 0.15) is 0 Å². The molecular weight excluding hydrogens is 280 g/mol. The van der Waals surface area contributed by atoms with Crippen LogP contribution in [0.5, 0.6) is 0 Å². The van der Waals surface area contributed by atoms with Gasteiger partial charge in [0.2, 0.25) is 0 Å². The molecule has 0 radical (unpaired) electrons. The monoisotopic (exact) mass is 322 g/mol. The summed E-state index contributed by atoms with van der Waals surface area (Å²) in [6.45, 7) is 12.1. The van der Waals surface area contributed by atoms with Gasteiger partial charge < -0.3 is 11.5 Å². The number of rotatable bonds is 0. The van der Waals surface area contributed by atoms with Crippen molar-refractivity contribution >= 4 is 0 Å². The highest BCUT2D eigenvalue weighted by molar-refractivity contribution is 4.89. The summed E-state index contributed by atoms with van der Waals surface area (Å²) >= 11 is 0. The molecule has 0 aliphatic heterocycles. The molecule has 0 aromatic heterocycles. The Labute approximate surface area is 145 Å². The van der Waals surface area contributed by atoms with E-state index in [4.69, 9.17) is 11.5 Å². The fourth-order valence-electron chi connectivity index (χ4n) is 6.00. The maximum Gasteiger partial charge on any atom is 0.0143 e. The van der Waals surface area contributed by atoms with E-state index < -0.39 is 0 Å². The van der Waals surface area contributed by atoms with Gasteiger partial charge in [0.25, 0.3) is 0 Å². The van der Waals surface area contributed by atoms with Crippen molar-refractivity contribution in [3.05, 3.63) is 0 Å². The lowest BCUT2D eigenvalue weighted by molar-refractivity contribution is 0.202. The second kappa shape index (κ2) is 7.87. The van der Waals surface area contributed by atoms with Gasteiger partial charge in [0, 0.05) is 11.6 Å². The highest BCUT2D eigenvalue weighted by Crippen LogP contribution is 2.43. The zero-order valence-electron chi connectivity index (χ0n) is 16.4. The molecule has 0 saturated heterocycles. The van der Waals surface area contributed by atoms with Crippen LogP contribution in [0.1, 0.15) is 86.0 Å². The van der Waals surface area contributed by atoms with Gasteiger partial charge in [0.05, 0.1) is 0 Å². The molecule has 2 aliphatic carbocycles. The highest BCUT2D eigenvalue weighted by Gasteiger charge is 2.34. The summed E-state index contributed by atoms with van der Waals surface area (Å²) in [5.41, 5.74) is 13.0. The standard InChI is InChI=1S/C21H42N2/c1-14-10-18-7-9-20(17(4)11-16(18)3)15(2)6-8-19(22)13-21(5,23)12-14/h14-20H,6-13,22-23H2,1-5H3/t14?,15?,16?,17?,18?,19?,20-,21?/m1/s1. The molecule has 0 aromatic rings. The van der Waals surface area contributed by atoms with Crippen LogP contribution in [-0.4, -0.2) is 11.6 Å². The number of hydrogen-bond donors (Lipinski definition) is 2. The first-order valence-corrected chi connectivity index (χ1v) is 10.2. The molecule has 23 heavy (non-hydrogen) atoms. The van der Waals surface area contributed by atoms with Crippen molar-refractivity contribution in [3.8, 4) is 0 Å². The third kappa shape index (κ3) is 5.46. The molecular formula is C21H42N2. The Morgan fingerprint density at radius 1 is 0.783 bits per heavy atom. The van der Waals surface area contributed by atoms with E-state index in [0.29, 0.717) is 0 Å². The second-order valence-electron chi connectivity index (χ2n) is 9.91. The summed E-state index contributed by atoms with van der Waals surface area (Å²) < 4.78 is 0. The first-order valence-electron chi connectivity index (χ1n) is 10.2. The summed E-state index contributed by atoms with van der Waals surface area (Å²) in [6, 6.07) is 0.272. The van der Waals surface area contributed by atoms with Crippen molar-refractivity contribution in [3.63, 3.8) is 0 Å². The van der Waals surface area contributed by atoms with E-state index in [0.717, 1.165) is 54.8 Å². The van der Waals surface area contributed by atoms with E-state index >= 15 is 0 Å². The molecule has 2 bridgehead atoms. The second-order valence-corrected chi connectivity index (χ2v) is 9.91. The zero-order valence-corrected chi connectivity index (χ0v) is 16.4. The lowest BCUT2D eigenvalue weighted by atomic mass is 9.75. The summed E-state index contributed by atoms with van der Waals surface area (Å²) in [4.78, 5) is 0. The molecule has 2 fully saturated rings. The van der Waals surface area contributed by atoms with Gasteiger partial charge in [-0.2, -0.15) is 0 Å². The Morgan fingerprint density at radius 3 is 2.17 bits per heavy atom. The zero-order chi connectivity index (χ0) is 17.2. The SMILES string of the molecule is CC1CC2CC[C@H](C(C)CCC(N)CC(C)(N)C1)C(C)CC2C. The van der Waals surface area contributed by atoms with Gasteiger partial charge in [-0.3, -0.25) is 0 Å². The summed E-state index contributed by atoms with van der Waals surface area (Å²) in [5, 5.41) is 0. The molecule has 0 aromatic carbocycles. The van der Waals surface area contributed by atoms with Crippen LogP contribution in [0.4, 0.5) is 0 Å². The molecule has 7 unspecified atom stereocenters. The number of hydrogen-bond acceptors (Lipinski definition) is 2. The number of nitrogens with two attached hydrogens (primary N) is 2. The fraction of sp³-hybridized carbons (Fsp3) is 1.00. The first kappa shape index (κ1) is 19.2. The van der Waals surface area contributed by atoms with Gasteiger partial charge >= 0.3 is 0 Å². The third-order valence-corrected chi connectivity index (χ3v) is 7.12. The number of fused-ring (bicyclic) bond motifs is 3. The van der Waals surface area contributed by atoms with Crippen molar-refractivity contribution in [2.24, 2.45) is 47.0 Å². The lowest BCUT2D eigenvalue weighted by Gasteiger charge is -2.34. The van der Waals surface area contributed by atoms with Gasteiger partial charge in [-0.1, -0.05) is 27.7 Å². The van der Waals surface area contributed by atoms with Gasteiger partial charge in [-0.15, -0.1) is 0 Å². The van der Waals surface area contributed by atoms with Crippen LogP contribution < -0.4 is 11.5 Å². The minimum absolute atomic E-state index is 0.0965. The Morgan fingerprint density at radius 2 is 1.48 bits per heavy atom. The van der Waals surface area contributed by atoms with Crippen molar-refractivity contribution in [2.45, 2.75) is 97.6 Å². The molecule has 4 N–H and O–H groups in total. The summed E-state index contributed by atoms with van der Waals surface area (Å²) in [6.07, 6.45) is 10.2. The highest BCUT2D eigenvalue weighted by atomic mass is 14.8. The molecule has 8 atom stereocenters. The molecule has 2 aliphatic rings. The van der Waals surface area contributed by atoms with Crippen LogP contribution in [0, 0.1) is 35.5 Å². The van der Waals surface area contributed by atoms with Crippen LogP contribution in [0.25, 0.3) is 0 Å². The minimum Gasteiger partial charge on any atom is -0.328 e. The van der Waals surface area contributed by atoms with Gasteiger partial charge in [-0.25, -0.2) is 0 Å². The van der Waals surface area contributed by atoms with E-state index in [1.807, 2.05) is 0 Å². The van der Waals surface area contributed by atoms with Crippen LogP contribution in [-0.2, 0) is 0 Å². The van der Waals surface area contributed by atoms with Crippen molar-refractivity contribution in [1.29, 1.82) is 0 Å². The molecule has 0 amide bonds.